The van der Waals surface area contributed by atoms with Crippen LogP contribution in [-0.4, -0.2) is 82.1 Å². The highest BCUT2D eigenvalue weighted by Crippen LogP contribution is 2.46. The monoisotopic (exact) mass is 912 g/mol. The van der Waals surface area contributed by atoms with Gasteiger partial charge in [-0.05, 0) is 108 Å². The van der Waals surface area contributed by atoms with Gasteiger partial charge in [0, 0.05) is 24.1 Å². The third kappa shape index (κ3) is 10.9. The van der Waals surface area contributed by atoms with Gasteiger partial charge in [0.2, 0.25) is 0 Å². The van der Waals surface area contributed by atoms with Gasteiger partial charge in [0.05, 0.1) is 30.6 Å². The average Bonchev–Trinajstić information content (AvgIpc) is 3.78. The molecule has 16 heteroatoms. The summed E-state index contributed by atoms with van der Waals surface area (Å²) in [6.45, 7) is 1.96. The second-order valence-electron chi connectivity index (χ2n) is 16.2. The number of anilines is 1. The largest absolute Gasteiger partial charge is 0.508 e. The van der Waals surface area contributed by atoms with Crippen LogP contribution in [0.1, 0.15) is 66.8 Å². The number of nitrogens with zero attached hydrogens (tertiary/aromatic N) is 5. The van der Waals surface area contributed by atoms with Crippen molar-refractivity contribution in [2.45, 2.75) is 61.9 Å². The summed E-state index contributed by atoms with van der Waals surface area (Å²) in [5.74, 6) is -3.88. The van der Waals surface area contributed by atoms with E-state index in [0.717, 1.165) is 12.5 Å². The van der Waals surface area contributed by atoms with E-state index >= 15 is 0 Å². The number of aromatic hydroxyl groups is 3. The molecule has 2 saturated carbocycles. The number of ketones is 3. The summed E-state index contributed by atoms with van der Waals surface area (Å²) in [7, 11) is 0. The lowest BCUT2D eigenvalue weighted by Crippen LogP contribution is -2.34. The summed E-state index contributed by atoms with van der Waals surface area (Å²) in [6, 6.07) is 21.8. The Hall–Kier alpha value is -7.04. The normalized spacial score (nSPS) is 20.5. The topological polar surface area (TPSA) is 190 Å². The fraction of sp³-hybridized carbons (Fsp3) is 0.260. The van der Waals surface area contributed by atoms with Crippen LogP contribution in [0, 0.1) is 23.5 Å². The molecule has 2 heterocycles. The lowest BCUT2D eigenvalue weighted by molar-refractivity contribution is -0.130. The Morgan fingerprint density at radius 1 is 0.773 bits per heavy atom. The van der Waals surface area contributed by atoms with Crippen molar-refractivity contribution in [3.8, 4) is 17.2 Å². The molecule has 0 bridgehead atoms. The van der Waals surface area contributed by atoms with Crippen LogP contribution in [0.2, 0.25) is 0 Å². The first-order valence-corrected chi connectivity index (χ1v) is 22.5. The Morgan fingerprint density at radius 2 is 1.36 bits per heavy atom. The first kappa shape index (κ1) is 45.5. The van der Waals surface area contributed by atoms with E-state index < -0.39 is 47.2 Å². The summed E-state index contributed by atoms with van der Waals surface area (Å²) >= 11 is 1.42. The van der Waals surface area contributed by atoms with Gasteiger partial charge >= 0.3 is 0 Å². The van der Waals surface area contributed by atoms with Crippen molar-refractivity contribution in [3.63, 3.8) is 0 Å². The Kier molecular flexibility index (Phi) is 14.1. The highest BCUT2D eigenvalue weighted by molar-refractivity contribution is 7.99. The average molecular weight is 913 g/mol. The number of rotatable bonds is 19. The summed E-state index contributed by atoms with van der Waals surface area (Å²) in [5.41, 5.74) is 3.24. The van der Waals surface area contributed by atoms with E-state index in [1.807, 2.05) is 6.92 Å². The van der Waals surface area contributed by atoms with Crippen LogP contribution in [0.15, 0.2) is 114 Å². The van der Waals surface area contributed by atoms with E-state index in [0.29, 0.717) is 56.6 Å². The lowest BCUT2D eigenvalue weighted by Gasteiger charge is -2.23. The number of carbonyl (C=O) groups excluding carboxylic acids is 3. The molecule has 66 heavy (non-hydrogen) atoms. The van der Waals surface area contributed by atoms with Crippen LogP contribution in [0.4, 0.5) is 14.6 Å². The maximum atomic E-state index is 14.7. The molecular weight excluding hydrogens is 867 g/mol. The van der Waals surface area contributed by atoms with Crippen LogP contribution in [0.3, 0.4) is 0 Å². The number of nitrogens with one attached hydrogen (secondary N) is 1. The predicted octanol–water partition coefficient (Wildman–Crippen LogP) is 8.89. The molecule has 2 aliphatic rings. The number of halogens is 2. The Labute approximate surface area is 383 Å². The van der Waals surface area contributed by atoms with Gasteiger partial charge in [-0.25, -0.2) is 23.4 Å². The minimum Gasteiger partial charge on any atom is -0.508 e. The minimum absolute atomic E-state index is 0.0291. The molecule has 2 aromatic heterocycles. The molecule has 2 fully saturated rings. The van der Waals surface area contributed by atoms with Gasteiger partial charge in [0.25, 0.3) is 0 Å². The number of benzene rings is 4. The van der Waals surface area contributed by atoms with E-state index in [4.69, 9.17) is 14.7 Å². The van der Waals surface area contributed by atoms with Gasteiger partial charge in [0.1, 0.15) is 17.2 Å². The molecule has 338 valence electrons. The summed E-state index contributed by atoms with van der Waals surface area (Å²) in [5, 5.41) is 42.3. The van der Waals surface area contributed by atoms with Gasteiger partial charge in [-0.2, -0.15) is 0 Å². The van der Waals surface area contributed by atoms with Gasteiger partial charge < -0.3 is 25.4 Å². The van der Waals surface area contributed by atoms with E-state index in [-0.39, 0.29) is 54.4 Å². The number of ether oxygens (including phenoxy) is 1. The number of allylic oxidation sites excluding steroid dienone is 3. The van der Waals surface area contributed by atoms with Crippen LogP contribution in [0.25, 0.3) is 29.4 Å². The van der Waals surface area contributed by atoms with Crippen molar-refractivity contribution in [1.29, 1.82) is 0 Å². The van der Waals surface area contributed by atoms with Gasteiger partial charge in [-0.3, -0.25) is 14.4 Å². The Bertz CT molecular complexity index is 2820. The third-order valence-electron chi connectivity index (χ3n) is 11.6. The second-order valence-corrected chi connectivity index (χ2v) is 17.3. The van der Waals surface area contributed by atoms with Gasteiger partial charge in [0.15, 0.2) is 51.1 Å². The molecule has 6 aromatic rings. The minimum atomic E-state index is -1.07. The smallest absolute Gasteiger partial charge is 0.191 e. The molecule has 2 aliphatic carbocycles. The van der Waals surface area contributed by atoms with E-state index in [1.54, 1.807) is 65.4 Å². The van der Waals surface area contributed by atoms with Gasteiger partial charge in [-0.15, -0.1) is 5.10 Å². The molecule has 0 saturated heterocycles. The fourth-order valence-electron chi connectivity index (χ4n) is 8.10. The summed E-state index contributed by atoms with van der Waals surface area (Å²) in [6.07, 6.45) is 9.66. The second kappa shape index (κ2) is 20.4. The fourth-order valence-corrected chi connectivity index (χ4v) is 8.80. The molecule has 0 unspecified atom stereocenters. The van der Waals surface area contributed by atoms with Crippen molar-refractivity contribution in [2.24, 2.45) is 11.8 Å². The molecule has 0 spiro atoms. The lowest BCUT2D eigenvalue weighted by atomic mass is 9.84. The number of thioether (sulfide) groups is 1. The maximum Gasteiger partial charge on any atom is 0.191 e. The number of hydrogen-bond acceptors (Lipinski definition) is 13. The van der Waals surface area contributed by atoms with Crippen molar-refractivity contribution < 1.29 is 43.2 Å². The van der Waals surface area contributed by atoms with Crippen LogP contribution in [0.5, 0.6) is 17.2 Å². The van der Waals surface area contributed by atoms with Crippen molar-refractivity contribution in [3.05, 3.63) is 143 Å². The maximum absolute atomic E-state index is 14.7. The number of carbonyl (C=O) groups is 3. The molecule has 13 nitrogen and oxygen atoms in total. The highest BCUT2D eigenvalue weighted by Gasteiger charge is 2.52. The zero-order valence-electron chi connectivity index (χ0n) is 35.7. The van der Waals surface area contributed by atoms with Gasteiger partial charge in [-0.1, -0.05) is 84.6 Å². The summed E-state index contributed by atoms with van der Waals surface area (Å²) < 4.78 is 35.9. The zero-order valence-corrected chi connectivity index (χ0v) is 36.5. The van der Waals surface area contributed by atoms with Crippen LogP contribution < -0.4 is 5.32 Å². The summed E-state index contributed by atoms with van der Waals surface area (Å²) in [4.78, 5) is 52.0. The number of fused-ring (bicyclic) bond motifs is 1. The van der Waals surface area contributed by atoms with Crippen molar-refractivity contribution >= 4 is 64.3 Å². The molecule has 0 radical (unpaired) electrons. The molecular formula is C50H46F2N6O7S. The number of phenols is 3. The Morgan fingerprint density at radius 3 is 1.95 bits per heavy atom. The third-order valence-corrected chi connectivity index (χ3v) is 12.6. The first-order chi connectivity index (χ1) is 31.9. The molecule has 4 N–H and O–H groups in total. The van der Waals surface area contributed by atoms with Crippen LogP contribution in [-0.2, 0) is 19.1 Å². The predicted molar refractivity (Wildman–Crippen MR) is 247 cm³/mol. The standard InChI is InChI=1S/C50H46F2N6O7S/c1-2-25-66-50-54-48(53-40-27-37(40)32-12-20-38(51)39(52)26-32)47-49(55-50)58(57-56-47)41-28-44(65-24-23-36(62)19-9-29-3-13-33(59)14-4-29)46(43(64)22-11-31-7-17-35(61)18-8-31)45(41)42(63)21-10-30-5-15-34(60)16-6-30/h3-22,26,37,40-41,44-46,59-61H,2,23-25,27-28H2,1H3,(H,53,54,55)/b19-9+,21-10+,22-11-/t37-,40+,41-,44-,45-,46+/m0/s1. The van der Waals surface area contributed by atoms with E-state index in [1.165, 1.54) is 72.5 Å². The number of phenolic OH excluding ortho intramolecular Hbond substituents is 3. The Balaban J connectivity index is 1.15. The van der Waals surface area contributed by atoms with E-state index in [2.05, 4.69) is 15.6 Å². The molecule has 0 aliphatic heterocycles. The van der Waals surface area contributed by atoms with E-state index in [9.17, 15) is 38.5 Å². The zero-order chi connectivity index (χ0) is 46.3. The van der Waals surface area contributed by atoms with Crippen molar-refractivity contribution in [2.75, 3.05) is 17.7 Å². The molecule has 8 rings (SSSR count). The molecule has 6 atom stereocenters. The first-order valence-electron chi connectivity index (χ1n) is 21.5. The number of aromatic nitrogens is 5. The SMILES string of the molecule is CCCSc1nc(N[C@@H]2C[C@H]2c2ccc(F)c(F)c2)c2nnn([C@H]3C[C@H](OCCC(=O)/C=C/c4ccc(O)cc4)[C@@H](C(=O)/C=C\c4ccc(O)cc4)[C@@H]3C(=O)/C=C/c3ccc(O)cc3)c2n1. The van der Waals surface area contributed by atoms with Crippen molar-refractivity contribution in [1.82, 2.24) is 25.0 Å². The quantitative estimate of drug-likeness (QED) is 0.0343. The van der Waals surface area contributed by atoms with Crippen LogP contribution >= 0.6 is 11.8 Å². The molecule has 4 aromatic carbocycles. The highest BCUT2D eigenvalue weighted by atomic mass is 32.2. The molecule has 0 amide bonds. The number of hydrogen-bond donors (Lipinski definition) is 4.